The van der Waals surface area contributed by atoms with Crippen LogP contribution in [0.5, 0.6) is 0 Å². The van der Waals surface area contributed by atoms with Crippen molar-refractivity contribution < 1.29 is 8.42 Å². The van der Waals surface area contributed by atoms with Gasteiger partial charge in [0.2, 0.25) is 10.0 Å². The molecule has 0 saturated carbocycles. The smallest absolute Gasteiger partial charge is 0.211 e. The molecule has 0 unspecified atom stereocenters. The largest absolute Gasteiger partial charge is 0.330 e. The summed E-state index contributed by atoms with van der Waals surface area (Å²) in [6, 6.07) is 0. The van der Waals surface area contributed by atoms with Gasteiger partial charge in [0.25, 0.3) is 0 Å². The number of halogens is 1. The zero-order valence-electron chi connectivity index (χ0n) is 22.4. The summed E-state index contributed by atoms with van der Waals surface area (Å²) in [7, 11) is -3.11. The van der Waals surface area contributed by atoms with Crippen LogP contribution >= 0.6 is 12.4 Å². The van der Waals surface area contributed by atoms with Crippen LogP contribution in [-0.2, 0) is 10.0 Å². The summed E-state index contributed by atoms with van der Waals surface area (Å²) in [6.45, 7) is 7.45. The Kier molecular flexibility index (Phi) is 31.2. The Labute approximate surface area is 219 Å². The van der Waals surface area contributed by atoms with Crippen LogP contribution in [0.3, 0.4) is 0 Å². The summed E-state index contributed by atoms with van der Waals surface area (Å²) in [6.07, 6.45) is 22.2. The van der Waals surface area contributed by atoms with Gasteiger partial charge in [0.15, 0.2) is 0 Å². The Hall–Kier alpha value is 0.0800. The molecule has 0 radical (unpaired) electrons. The number of hydrogen-bond acceptors (Lipinski definition) is 5. The van der Waals surface area contributed by atoms with Crippen molar-refractivity contribution in [3.05, 3.63) is 0 Å². The third-order valence-corrected chi connectivity index (χ3v) is 7.60. The van der Waals surface area contributed by atoms with Crippen LogP contribution in [0.25, 0.3) is 0 Å². The zero-order valence-corrected chi connectivity index (χ0v) is 24.0. The lowest BCUT2D eigenvalue weighted by molar-refractivity contribution is 0.536. The highest BCUT2D eigenvalue weighted by atomic mass is 35.5. The Bertz CT molecular complexity index is 481. The first-order chi connectivity index (χ1) is 16.1. The Morgan fingerprint density at radius 2 is 0.941 bits per heavy atom. The molecule has 0 spiro atoms. The molecule has 8 heteroatoms. The summed E-state index contributed by atoms with van der Waals surface area (Å²) < 4.78 is 26.9. The van der Waals surface area contributed by atoms with Crippen molar-refractivity contribution >= 4 is 22.4 Å². The molecule has 6 nitrogen and oxygen atoms in total. The van der Waals surface area contributed by atoms with Crippen LogP contribution in [-0.4, -0.2) is 53.4 Å². The fourth-order valence-electron chi connectivity index (χ4n) is 3.98. The number of rotatable bonds is 28. The van der Waals surface area contributed by atoms with Crippen molar-refractivity contribution in [2.75, 3.05) is 45.0 Å². The van der Waals surface area contributed by atoms with E-state index in [2.05, 4.69) is 22.3 Å². The van der Waals surface area contributed by atoms with Crippen molar-refractivity contribution in [2.45, 2.75) is 122 Å². The highest BCUT2D eigenvalue weighted by Crippen LogP contribution is 2.13. The first kappa shape index (κ1) is 36.2. The summed E-state index contributed by atoms with van der Waals surface area (Å²) in [5.74, 6) is 0.273. The molecule has 0 aliphatic carbocycles. The van der Waals surface area contributed by atoms with Gasteiger partial charge in [-0.3, -0.25) is 0 Å². The summed E-state index contributed by atoms with van der Waals surface area (Å²) in [4.78, 5) is 0. The summed E-state index contributed by atoms with van der Waals surface area (Å²) >= 11 is 0. The summed E-state index contributed by atoms with van der Waals surface area (Å²) in [5.41, 5.74) is 5.46. The molecule has 0 saturated heterocycles. The van der Waals surface area contributed by atoms with Gasteiger partial charge in [-0.05, 0) is 64.8 Å². The predicted molar refractivity (Wildman–Crippen MR) is 153 cm³/mol. The molecule has 0 aromatic carbocycles. The minimum Gasteiger partial charge on any atom is -0.330 e. The molecule has 0 bridgehead atoms. The average Bonchev–Trinajstić information content (AvgIpc) is 2.80. The van der Waals surface area contributed by atoms with Gasteiger partial charge in [-0.2, -0.15) is 0 Å². The van der Waals surface area contributed by atoms with E-state index in [9.17, 15) is 8.42 Å². The van der Waals surface area contributed by atoms with E-state index in [1.54, 1.807) is 0 Å². The van der Waals surface area contributed by atoms with E-state index in [1.807, 2.05) is 0 Å². The van der Waals surface area contributed by atoms with E-state index in [4.69, 9.17) is 5.73 Å². The maximum absolute atomic E-state index is 12.1. The third kappa shape index (κ3) is 30.1. The Morgan fingerprint density at radius 1 is 0.529 bits per heavy atom. The third-order valence-electron chi connectivity index (χ3n) is 6.13. The lowest BCUT2D eigenvalue weighted by Gasteiger charge is -2.08. The predicted octanol–water partition coefficient (Wildman–Crippen LogP) is 5.51. The molecule has 0 fully saturated rings. The van der Waals surface area contributed by atoms with Gasteiger partial charge in [-0.25, -0.2) is 13.1 Å². The van der Waals surface area contributed by atoms with E-state index < -0.39 is 10.0 Å². The van der Waals surface area contributed by atoms with Crippen LogP contribution in [0.2, 0.25) is 0 Å². The number of nitrogens with one attached hydrogen (secondary N) is 3. The summed E-state index contributed by atoms with van der Waals surface area (Å²) in [5, 5.41) is 6.77. The molecule has 0 aliphatic rings. The van der Waals surface area contributed by atoms with Crippen molar-refractivity contribution in [1.82, 2.24) is 15.4 Å². The van der Waals surface area contributed by atoms with E-state index >= 15 is 0 Å². The lowest BCUT2D eigenvalue weighted by Crippen LogP contribution is -2.29. The molecule has 0 heterocycles. The van der Waals surface area contributed by atoms with Gasteiger partial charge in [0.05, 0.1) is 5.75 Å². The zero-order chi connectivity index (χ0) is 24.3. The quantitative estimate of drug-likeness (QED) is 0.101. The fourth-order valence-corrected chi connectivity index (χ4v) is 5.16. The molecular weight excluding hydrogens is 468 g/mol. The van der Waals surface area contributed by atoms with Gasteiger partial charge in [0.1, 0.15) is 0 Å². The topological polar surface area (TPSA) is 96.2 Å². The van der Waals surface area contributed by atoms with E-state index in [-0.39, 0.29) is 18.2 Å². The van der Waals surface area contributed by atoms with Crippen LogP contribution in [0.1, 0.15) is 122 Å². The van der Waals surface area contributed by atoms with Gasteiger partial charge >= 0.3 is 0 Å². The number of sulfonamides is 1. The van der Waals surface area contributed by atoms with E-state index in [1.165, 1.54) is 77.0 Å². The fraction of sp³-hybridized carbons (Fsp3) is 1.00. The molecular formula is C26H59ClN4O2S. The SMILES string of the molecule is CCCCCCCCCCCCCCCCS(=O)(=O)NCCCNCCCCNCCCN.Cl. The minimum absolute atomic E-state index is 0. The lowest BCUT2D eigenvalue weighted by atomic mass is 10.0. The highest BCUT2D eigenvalue weighted by Gasteiger charge is 2.08. The van der Waals surface area contributed by atoms with Crippen LogP contribution in [0, 0.1) is 0 Å². The Balaban J connectivity index is 0. The number of hydrogen-bond donors (Lipinski definition) is 4. The van der Waals surface area contributed by atoms with Crippen molar-refractivity contribution in [3.63, 3.8) is 0 Å². The number of unbranched alkanes of at least 4 members (excludes halogenated alkanes) is 14. The van der Waals surface area contributed by atoms with Crippen molar-refractivity contribution in [1.29, 1.82) is 0 Å². The monoisotopic (exact) mass is 526 g/mol. The molecule has 34 heavy (non-hydrogen) atoms. The standard InChI is InChI=1S/C26H58N4O2S.ClH/c1-2-3-4-5-6-7-8-9-10-11-12-13-14-17-26-33(31,32)30-25-19-24-29-22-16-15-21-28-23-18-20-27;/h28-30H,2-27H2,1H3;1H. The Morgan fingerprint density at radius 3 is 1.41 bits per heavy atom. The van der Waals surface area contributed by atoms with Gasteiger partial charge < -0.3 is 16.4 Å². The van der Waals surface area contributed by atoms with Gasteiger partial charge in [-0.15, -0.1) is 12.4 Å². The molecule has 0 aliphatic heterocycles. The van der Waals surface area contributed by atoms with Gasteiger partial charge in [0, 0.05) is 6.54 Å². The second-order valence-electron chi connectivity index (χ2n) is 9.51. The average molecular weight is 527 g/mol. The molecule has 0 aromatic heterocycles. The molecule has 5 N–H and O–H groups in total. The van der Waals surface area contributed by atoms with E-state index in [0.29, 0.717) is 6.54 Å². The first-order valence-corrected chi connectivity index (χ1v) is 15.9. The molecule has 0 aromatic rings. The molecule has 0 atom stereocenters. The number of nitrogens with two attached hydrogens (primary N) is 1. The van der Waals surface area contributed by atoms with Gasteiger partial charge in [-0.1, -0.05) is 90.4 Å². The molecule has 0 rings (SSSR count). The first-order valence-electron chi connectivity index (χ1n) is 14.2. The van der Waals surface area contributed by atoms with Crippen LogP contribution in [0.15, 0.2) is 0 Å². The molecule has 0 amide bonds. The maximum atomic E-state index is 12.1. The minimum atomic E-state index is -3.11. The maximum Gasteiger partial charge on any atom is 0.211 e. The second-order valence-corrected chi connectivity index (χ2v) is 11.4. The van der Waals surface area contributed by atoms with E-state index in [0.717, 1.165) is 71.2 Å². The normalized spacial score (nSPS) is 11.6. The van der Waals surface area contributed by atoms with Crippen LogP contribution in [0.4, 0.5) is 0 Å². The second kappa shape index (κ2) is 29.3. The van der Waals surface area contributed by atoms with Crippen molar-refractivity contribution in [2.24, 2.45) is 5.73 Å². The highest BCUT2D eigenvalue weighted by molar-refractivity contribution is 7.89. The van der Waals surface area contributed by atoms with Crippen LogP contribution < -0.4 is 21.1 Å². The molecule has 208 valence electrons. The van der Waals surface area contributed by atoms with Crippen molar-refractivity contribution in [3.8, 4) is 0 Å².